The first kappa shape index (κ1) is 35.5. The maximum atomic E-state index is 14.0. The van der Waals surface area contributed by atoms with Crippen LogP contribution in [0.25, 0.3) is 0 Å². The van der Waals surface area contributed by atoms with Crippen molar-refractivity contribution in [3.05, 3.63) is 225 Å². The Labute approximate surface area is 316 Å². The molecule has 0 unspecified atom stereocenters. The number of nitrogens with one attached hydrogen (secondary N) is 2. The van der Waals surface area contributed by atoms with Crippen LogP contribution in [0.4, 0.5) is 0 Å². The van der Waals surface area contributed by atoms with Crippen LogP contribution in [-0.2, 0) is 13.1 Å². The van der Waals surface area contributed by atoms with E-state index in [2.05, 4.69) is 156 Å². The second-order valence-electron chi connectivity index (χ2n) is 13.4. The molecular formula is C46H42N4O2P2+2. The SMILES string of the molecule is Cc1c(CN[P+](c2ccccc2)(c2ccccc2)c2ccccc2)n2c(CN[P+](c3ccccc3)(c3ccccc3)c3ccccc3)c(C)c(=O)n2c1=O. The van der Waals surface area contributed by atoms with E-state index < -0.39 is 14.8 Å². The third kappa shape index (κ3) is 6.02. The number of hydrogen-bond donors (Lipinski definition) is 2. The van der Waals surface area contributed by atoms with E-state index in [4.69, 9.17) is 0 Å². The lowest BCUT2D eigenvalue weighted by Crippen LogP contribution is -2.41. The van der Waals surface area contributed by atoms with E-state index in [-0.39, 0.29) is 11.1 Å². The molecule has 0 saturated heterocycles. The summed E-state index contributed by atoms with van der Waals surface area (Å²) >= 11 is 0. The van der Waals surface area contributed by atoms with Crippen molar-refractivity contribution < 1.29 is 0 Å². The van der Waals surface area contributed by atoms with Gasteiger partial charge in [-0.05, 0) is 86.6 Å². The molecule has 0 amide bonds. The van der Waals surface area contributed by atoms with E-state index in [1.54, 1.807) is 0 Å². The van der Waals surface area contributed by atoms with Gasteiger partial charge in [0, 0.05) is 11.1 Å². The summed E-state index contributed by atoms with van der Waals surface area (Å²) < 4.78 is 3.22. The molecule has 2 N–H and O–H groups in total. The molecule has 6 aromatic carbocycles. The van der Waals surface area contributed by atoms with Crippen molar-refractivity contribution in [2.75, 3.05) is 0 Å². The fourth-order valence-electron chi connectivity index (χ4n) is 7.71. The van der Waals surface area contributed by atoms with Crippen LogP contribution in [0.3, 0.4) is 0 Å². The topological polar surface area (TPSA) is 67.0 Å². The van der Waals surface area contributed by atoms with Crippen LogP contribution in [0.15, 0.2) is 192 Å². The second-order valence-corrected chi connectivity index (χ2v) is 19.8. The lowest BCUT2D eigenvalue weighted by molar-refractivity contribution is 0.706. The van der Waals surface area contributed by atoms with E-state index in [1.807, 2.05) is 54.8 Å². The fourth-order valence-corrected chi connectivity index (χ4v) is 15.1. The van der Waals surface area contributed by atoms with Crippen molar-refractivity contribution in [2.45, 2.75) is 26.9 Å². The third-order valence-electron chi connectivity index (χ3n) is 10.4. The summed E-state index contributed by atoms with van der Waals surface area (Å²) in [7, 11) is -4.91. The number of rotatable bonds is 12. The Bertz CT molecular complexity index is 2230. The number of hydrogen-bond acceptors (Lipinski definition) is 4. The van der Waals surface area contributed by atoms with E-state index >= 15 is 0 Å². The largest absolute Gasteiger partial charge is 0.277 e. The predicted molar refractivity (Wildman–Crippen MR) is 228 cm³/mol. The Kier molecular flexibility index (Phi) is 9.94. The average molecular weight is 745 g/mol. The number of fused-ring (bicyclic) bond motifs is 1. The highest BCUT2D eigenvalue weighted by molar-refractivity contribution is 7.94. The summed E-state index contributed by atoms with van der Waals surface area (Å²) in [5, 5.41) is 15.2. The van der Waals surface area contributed by atoms with Crippen LogP contribution in [0.2, 0.25) is 0 Å². The second kappa shape index (κ2) is 15.1. The predicted octanol–water partition coefficient (Wildman–Crippen LogP) is 5.81. The Morgan fingerprint density at radius 1 is 0.370 bits per heavy atom. The quantitative estimate of drug-likeness (QED) is 0.155. The van der Waals surface area contributed by atoms with Gasteiger partial charge in [0.2, 0.25) is 0 Å². The summed E-state index contributed by atoms with van der Waals surface area (Å²) in [6.07, 6.45) is 0. The zero-order valence-corrected chi connectivity index (χ0v) is 32.1. The first-order valence-corrected chi connectivity index (χ1v) is 21.7. The van der Waals surface area contributed by atoms with Crippen molar-refractivity contribution in [3.8, 4) is 0 Å². The van der Waals surface area contributed by atoms with Gasteiger partial charge in [0.05, 0.1) is 24.5 Å². The zero-order chi connectivity index (χ0) is 37.1. The maximum absolute atomic E-state index is 14.0. The van der Waals surface area contributed by atoms with E-state index in [9.17, 15) is 9.59 Å². The minimum absolute atomic E-state index is 0.288. The molecule has 8 rings (SSSR count). The first-order chi connectivity index (χ1) is 26.5. The molecule has 0 aliphatic carbocycles. The van der Waals surface area contributed by atoms with Crippen molar-refractivity contribution in [2.24, 2.45) is 0 Å². The molecule has 6 nitrogen and oxygen atoms in total. The molecule has 8 heteroatoms. The smallest absolute Gasteiger partial charge is 0.267 e. The highest BCUT2D eigenvalue weighted by atomic mass is 31.2. The van der Waals surface area contributed by atoms with Crippen LogP contribution in [-0.4, -0.2) is 9.03 Å². The van der Waals surface area contributed by atoms with Gasteiger partial charge in [0.1, 0.15) is 31.8 Å². The zero-order valence-electron chi connectivity index (χ0n) is 30.3. The Morgan fingerprint density at radius 3 is 0.815 bits per heavy atom. The molecule has 0 radical (unpaired) electrons. The molecule has 54 heavy (non-hydrogen) atoms. The summed E-state index contributed by atoms with van der Waals surface area (Å²) in [5.41, 5.74) is 2.09. The van der Waals surface area contributed by atoms with Crippen LogP contribution >= 0.6 is 14.8 Å². The average Bonchev–Trinajstić information content (AvgIpc) is 3.64. The van der Waals surface area contributed by atoms with Crippen molar-refractivity contribution in [3.63, 3.8) is 0 Å². The van der Waals surface area contributed by atoms with Crippen LogP contribution in [0.5, 0.6) is 0 Å². The lowest BCUT2D eigenvalue weighted by Gasteiger charge is -2.28. The van der Waals surface area contributed by atoms with Gasteiger partial charge in [-0.25, -0.2) is 4.52 Å². The van der Waals surface area contributed by atoms with Crippen LogP contribution < -0.4 is 53.1 Å². The number of nitrogens with zero attached hydrogens (tertiary/aromatic N) is 2. The van der Waals surface area contributed by atoms with Crippen molar-refractivity contribution in [1.29, 1.82) is 0 Å². The van der Waals surface area contributed by atoms with E-state index in [0.29, 0.717) is 24.2 Å². The molecule has 0 fully saturated rings. The molecule has 0 spiro atoms. The number of benzene rings is 6. The standard InChI is InChI=1S/C46H42N4O2P2/c1-35-43(33-47-53(37-21-9-3-10-22-37,38-23-11-4-12-24-38)39-25-13-5-14-26-39)49-44(36(2)46(52)50(49)45(35)51)34-48-54(40-27-15-6-16-28-40,41-29-17-7-18-30-41)42-31-19-8-20-32-42/h3-32,47-48H,33-34H2,1-2H3/q+2. The summed E-state index contributed by atoms with van der Waals surface area (Å²) in [4.78, 5) is 28.1. The van der Waals surface area contributed by atoms with Gasteiger partial charge < -0.3 is 0 Å². The van der Waals surface area contributed by atoms with Crippen LogP contribution in [0, 0.1) is 13.8 Å². The molecule has 0 saturated carbocycles. The van der Waals surface area contributed by atoms with Gasteiger partial charge in [0.15, 0.2) is 14.8 Å². The molecule has 0 bridgehead atoms. The minimum atomic E-state index is -2.45. The van der Waals surface area contributed by atoms with Crippen molar-refractivity contribution in [1.82, 2.24) is 19.2 Å². The fraction of sp³-hybridized carbons (Fsp3) is 0.0870. The summed E-state index contributed by atoms with van der Waals surface area (Å²) in [5.74, 6) is 0. The molecule has 0 aliphatic heterocycles. The van der Waals surface area contributed by atoms with E-state index in [0.717, 1.165) is 11.4 Å². The Hall–Kier alpha value is -5.48. The van der Waals surface area contributed by atoms with Crippen molar-refractivity contribution >= 4 is 46.7 Å². The molecular weight excluding hydrogens is 702 g/mol. The summed E-state index contributed by atoms with van der Waals surface area (Å²) in [6, 6.07) is 63.5. The van der Waals surface area contributed by atoms with Gasteiger partial charge in [0.25, 0.3) is 11.1 Å². The molecule has 2 heterocycles. The van der Waals surface area contributed by atoms with Gasteiger partial charge in [-0.1, -0.05) is 109 Å². The first-order valence-electron chi connectivity index (χ1n) is 18.2. The van der Waals surface area contributed by atoms with E-state index in [1.165, 1.54) is 36.3 Å². The van der Waals surface area contributed by atoms with Gasteiger partial charge in [-0.15, -0.1) is 0 Å². The Balaban J connectivity index is 1.29. The molecule has 8 aromatic rings. The highest BCUT2D eigenvalue weighted by Gasteiger charge is 2.47. The molecule has 266 valence electrons. The molecule has 0 aliphatic rings. The van der Waals surface area contributed by atoms with Gasteiger partial charge in [-0.2, -0.15) is 14.7 Å². The minimum Gasteiger partial charge on any atom is -0.267 e. The molecule has 2 aromatic heterocycles. The van der Waals surface area contributed by atoms with Gasteiger partial charge in [-0.3, -0.25) is 9.59 Å². The maximum Gasteiger partial charge on any atom is 0.277 e. The normalized spacial score (nSPS) is 12.0. The van der Waals surface area contributed by atoms with Gasteiger partial charge >= 0.3 is 0 Å². The molecule has 0 atom stereocenters. The Morgan fingerprint density at radius 2 is 0.593 bits per heavy atom. The summed E-state index contributed by atoms with van der Waals surface area (Å²) in [6.45, 7) is 4.41. The highest BCUT2D eigenvalue weighted by Crippen LogP contribution is 2.52. The third-order valence-corrected chi connectivity index (χ3v) is 18.1. The van der Waals surface area contributed by atoms with Crippen LogP contribution in [0.1, 0.15) is 22.5 Å². The number of aromatic nitrogens is 2. The monoisotopic (exact) mass is 744 g/mol. The lowest BCUT2D eigenvalue weighted by atomic mass is 10.2.